The van der Waals surface area contributed by atoms with Gasteiger partial charge in [0.05, 0.1) is 10.6 Å². The Morgan fingerprint density at radius 1 is 1.26 bits per heavy atom. The third-order valence-electron chi connectivity index (χ3n) is 4.27. The molecule has 0 unspecified atom stereocenters. The highest BCUT2D eigenvalue weighted by atomic mass is 32.1. The maximum absolute atomic E-state index is 12.6. The average molecular weight is 333 g/mol. The molecule has 0 saturated carbocycles. The van der Waals surface area contributed by atoms with Crippen molar-refractivity contribution in [3.05, 3.63) is 38.9 Å². The number of amides is 1. The lowest BCUT2D eigenvalue weighted by atomic mass is 10.2. The van der Waals surface area contributed by atoms with Crippen molar-refractivity contribution in [2.45, 2.75) is 33.7 Å². The minimum Gasteiger partial charge on any atom is -0.361 e. The Kier molecular flexibility index (Phi) is 4.82. The minimum atomic E-state index is 0.176. The van der Waals surface area contributed by atoms with Gasteiger partial charge in [0.1, 0.15) is 5.76 Å². The van der Waals surface area contributed by atoms with E-state index in [1.54, 1.807) is 11.3 Å². The minimum absolute atomic E-state index is 0.176. The molecule has 0 N–H and O–H groups in total. The normalized spacial score (nSPS) is 16.0. The quantitative estimate of drug-likeness (QED) is 0.863. The molecule has 0 atom stereocenters. The third-order valence-corrected chi connectivity index (χ3v) is 5.64. The number of piperazine rings is 1. The number of carbonyl (C=O) groups excluding carboxylic acids is 1. The SMILES string of the molecule is CCc1sc(C(=O)N2CCN(Cc3cc(C)on3)CC2)cc1C. The molecule has 0 aliphatic carbocycles. The first-order chi connectivity index (χ1) is 11.1. The van der Waals surface area contributed by atoms with Gasteiger partial charge in [0.25, 0.3) is 5.91 Å². The molecule has 0 aromatic carbocycles. The summed E-state index contributed by atoms with van der Waals surface area (Å²) < 4.78 is 5.11. The monoisotopic (exact) mass is 333 g/mol. The van der Waals surface area contributed by atoms with Crippen molar-refractivity contribution in [3.8, 4) is 0 Å². The van der Waals surface area contributed by atoms with Crippen LogP contribution in [0.3, 0.4) is 0 Å². The topological polar surface area (TPSA) is 49.6 Å². The Balaban J connectivity index is 1.56. The third kappa shape index (κ3) is 3.64. The van der Waals surface area contributed by atoms with Gasteiger partial charge in [-0.3, -0.25) is 9.69 Å². The summed E-state index contributed by atoms with van der Waals surface area (Å²) in [4.78, 5) is 19.1. The summed E-state index contributed by atoms with van der Waals surface area (Å²) in [5.74, 6) is 1.02. The van der Waals surface area contributed by atoms with Gasteiger partial charge in [0.15, 0.2) is 0 Å². The Bertz CT molecular complexity index is 684. The second kappa shape index (κ2) is 6.84. The number of aryl methyl sites for hydroxylation is 3. The lowest BCUT2D eigenvalue weighted by Crippen LogP contribution is -2.48. The van der Waals surface area contributed by atoms with Gasteiger partial charge in [-0.25, -0.2) is 0 Å². The highest BCUT2D eigenvalue weighted by Gasteiger charge is 2.24. The fourth-order valence-electron chi connectivity index (χ4n) is 2.96. The molecule has 0 radical (unpaired) electrons. The van der Waals surface area contributed by atoms with Crippen LogP contribution in [0, 0.1) is 13.8 Å². The lowest BCUT2D eigenvalue weighted by molar-refractivity contribution is 0.0630. The molecule has 0 bridgehead atoms. The van der Waals surface area contributed by atoms with Crippen LogP contribution in [0.1, 0.15) is 38.5 Å². The fraction of sp³-hybridized carbons (Fsp3) is 0.529. The number of carbonyl (C=O) groups is 1. The molecule has 2 aromatic heterocycles. The Morgan fingerprint density at radius 2 is 2.00 bits per heavy atom. The molecule has 3 rings (SSSR count). The number of hydrogen-bond donors (Lipinski definition) is 0. The van der Waals surface area contributed by atoms with Crippen molar-refractivity contribution in [1.29, 1.82) is 0 Å². The molecular formula is C17H23N3O2S. The first-order valence-electron chi connectivity index (χ1n) is 8.10. The molecule has 124 valence electrons. The van der Waals surface area contributed by atoms with Crippen molar-refractivity contribution in [2.24, 2.45) is 0 Å². The van der Waals surface area contributed by atoms with Crippen molar-refractivity contribution in [1.82, 2.24) is 15.0 Å². The summed E-state index contributed by atoms with van der Waals surface area (Å²) in [5, 5.41) is 4.04. The summed E-state index contributed by atoms with van der Waals surface area (Å²) in [6, 6.07) is 4.01. The summed E-state index contributed by atoms with van der Waals surface area (Å²) in [6.45, 7) is 10.2. The van der Waals surface area contributed by atoms with Crippen molar-refractivity contribution in [2.75, 3.05) is 26.2 Å². The summed E-state index contributed by atoms with van der Waals surface area (Å²) >= 11 is 1.64. The highest BCUT2D eigenvalue weighted by molar-refractivity contribution is 7.14. The first kappa shape index (κ1) is 16.2. The van der Waals surface area contributed by atoms with Gasteiger partial charge < -0.3 is 9.42 Å². The largest absolute Gasteiger partial charge is 0.361 e. The van der Waals surface area contributed by atoms with Crippen molar-refractivity contribution >= 4 is 17.2 Å². The van der Waals surface area contributed by atoms with E-state index in [-0.39, 0.29) is 5.91 Å². The summed E-state index contributed by atoms with van der Waals surface area (Å²) in [5.41, 5.74) is 2.20. The van der Waals surface area contributed by atoms with Crippen LogP contribution in [0.2, 0.25) is 0 Å². The van der Waals surface area contributed by atoms with Crippen LogP contribution < -0.4 is 0 Å². The van der Waals surface area contributed by atoms with E-state index in [0.717, 1.165) is 55.5 Å². The zero-order valence-corrected chi connectivity index (χ0v) is 14.8. The van der Waals surface area contributed by atoms with Gasteiger partial charge in [0.2, 0.25) is 0 Å². The second-order valence-electron chi connectivity index (χ2n) is 6.07. The van der Waals surface area contributed by atoms with Gasteiger partial charge in [-0.2, -0.15) is 0 Å². The van der Waals surface area contributed by atoms with Crippen LogP contribution in [0.15, 0.2) is 16.7 Å². The Hall–Kier alpha value is -1.66. The van der Waals surface area contributed by atoms with Crippen LogP contribution in [-0.4, -0.2) is 47.0 Å². The molecule has 1 aliphatic rings. The maximum atomic E-state index is 12.6. The molecule has 3 heterocycles. The molecule has 1 amide bonds. The van der Waals surface area contributed by atoms with Crippen LogP contribution >= 0.6 is 11.3 Å². The summed E-state index contributed by atoms with van der Waals surface area (Å²) in [7, 11) is 0. The molecule has 6 heteroatoms. The molecule has 23 heavy (non-hydrogen) atoms. The van der Waals surface area contributed by atoms with Crippen LogP contribution in [-0.2, 0) is 13.0 Å². The molecular weight excluding hydrogens is 310 g/mol. The highest BCUT2D eigenvalue weighted by Crippen LogP contribution is 2.24. The zero-order chi connectivity index (χ0) is 16.4. The van der Waals surface area contributed by atoms with Crippen LogP contribution in [0.25, 0.3) is 0 Å². The number of nitrogens with zero attached hydrogens (tertiary/aromatic N) is 3. The van der Waals surface area contributed by atoms with E-state index < -0.39 is 0 Å². The molecule has 2 aromatic rings. The van der Waals surface area contributed by atoms with Gasteiger partial charge >= 0.3 is 0 Å². The molecule has 1 fully saturated rings. The lowest BCUT2D eigenvalue weighted by Gasteiger charge is -2.34. The molecule has 5 nitrogen and oxygen atoms in total. The number of hydrogen-bond acceptors (Lipinski definition) is 5. The molecule has 1 saturated heterocycles. The zero-order valence-electron chi connectivity index (χ0n) is 14.0. The smallest absolute Gasteiger partial charge is 0.264 e. The number of thiophene rings is 1. The van der Waals surface area contributed by atoms with E-state index in [1.807, 2.05) is 24.0 Å². The van der Waals surface area contributed by atoms with Gasteiger partial charge in [0, 0.05) is 43.7 Å². The van der Waals surface area contributed by atoms with Gasteiger partial charge in [-0.05, 0) is 31.9 Å². The Morgan fingerprint density at radius 3 is 2.57 bits per heavy atom. The summed E-state index contributed by atoms with van der Waals surface area (Å²) in [6.07, 6.45) is 0.995. The van der Waals surface area contributed by atoms with E-state index in [1.165, 1.54) is 10.4 Å². The molecule has 1 aliphatic heterocycles. The maximum Gasteiger partial charge on any atom is 0.264 e. The number of rotatable bonds is 4. The van der Waals surface area contributed by atoms with Crippen molar-refractivity contribution in [3.63, 3.8) is 0 Å². The predicted molar refractivity (Wildman–Crippen MR) is 90.9 cm³/mol. The average Bonchev–Trinajstić information content (AvgIpc) is 3.13. The van der Waals surface area contributed by atoms with E-state index in [4.69, 9.17) is 4.52 Å². The standard InChI is InChI=1S/C17H23N3O2S/c1-4-15-12(2)9-16(23-15)17(21)20-7-5-19(6-8-20)11-14-10-13(3)22-18-14/h9-10H,4-8,11H2,1-3H3. The van der Waals surface area contributed by atoms with Crippen LogP contribution in [0.4, 0.5) is 0 Å². The van der Waals surface area contributed by atoms with Gasteiger partial charge in [-0.15, -0.1) is 11.3 Å². The van der Waals surface area contributed by atoms with E-state index in [2.05, 4.69) is 23.9 Å². The first-order valence-corrected chi connectivity index (χ1v) is 8.91. The van der Waals surface area contributed by atoms with Crippen LogP contribution in [0.5, 0.6) is 0 Å². The van der Waals surface area contributed by atoms with Gasteiger partial charge in [-0.1, -0.05) is 12.1 Å². The number of aromatic nitrogens is 1. The predicted octanol–water partition coefficient (Wildman–Crippen LogP) is 2.87. The fourth-order valence-corrected chi connectivity index (χ4v) is 4.04. The Labute approximate surface area is 140 Å². The van der Waals surface area contributed by atoms with Crippen molar-refractivity contribution < 1.29 is 9.32 Å². The van der Waals surface area contributed by atoms with E-state index in [9.17, 15) is 4.79 Å². The molecule has 0 spiro atoms. The van der Waals surface area contributed by atoms with E-state index in [0.29, 0.717) is 0 Å². The second-order valence-corrected chi connectivity index (χ2v) is 7.20. The van der Waals surface area contributed by atoms with E-state index >= 15 is 0 Å².